The van der Waals surface area contributed by atoms with Gasteiger partial charge in [0.15, 0.2) is 0 Å². The third kappa shape index (κ3) is 2.97. The van der Waals surface area contributed by atoms with E-state index in [4.69, 9.17) is 0 Å². The maximum Gasteiger partial charge on any atom is 0.268 e. The largest absolute Gasteiger partial charge is 0.337 e. The van der Waals surface area contributed by atoms with Crippen molar-refractivity contribution in [1.29, 1.82) is 0 Å². The average molecular weight is 360 g/mol. The molecule has 7 nitrogen and oxygen atoms in total. The van der Waals surface area contributed by atoms with Gasteiger partial charge >= 0.3 is 0 Å². The van der Waals surface area contributed by atoms with Crippen molar-refractivity contribution in [1.82, 2.24) is 29.4 Å². The van der Waals surface area contributed by atoms with Crippen LogP contribution in [0.25, 0.3) is 0 Å². The number of carbonyl (C=O) groups is 1. The molecule has 3 heterocycles. The summed E-state index contributed by atoms with van der Waals surface area (Å²) in [4.78, 5) is 20.5. The molecular weight excluding hydrogens is 336 g/mol. The number of piperidine rings is 1. The summed E-state index contributed by atoms with van der Waals surface area (Å²) in [5.74, 6) is 0.982. The first kappa shape index (κ1) is 16.7. The number of rotatable bonds is 5. The van der Waals surface area contributed by atoms with Crippen LogP contribution in [0, 0.1) is 5.41 Å². The first-order valence-corrected chi connectivity index (χ1v) is 9.71. The lowest BCUT2D eigenvalue weighted by molar-refractivity contribution is 0.0689. The van der Waals surface area contributed by atoms with Crippen LogP contribution in [-0.4, -0.2) is 49.1 Å². The minimum atomic E-state index is 0.0651. The van der Waals surface area contributed by atoms with Crippen molar-refractivity contribution in [2.75, 3.05) is 13.1 Å². The predicted molar refractivity (Wildman–Crippen MR) is 95.3 cm³/mol. The SMILES string of the molecule is CCc1nnsc1C(=O)N(Cc1nccn1C)C1CC12CCNCC2. The second-order valence-corrected chi connectivity index (χ2v) is 7.88. The molecule has 0 aromatic carbocycles. The standard InChI is InChI=1S/C17H24N6OS/c1-3-12-15(25-21-20-12)16(24)23(11-14-19-8-9-22(14)2)13-10-17(13)4-6-18-7-5-17/h8-9,13,18H,3-7,10-11H2,1-2H3. The number of amides is 1. The number of carbonyl (C=O) groups excluding carboxylic acids is 1. The molecule has 2 aliphatic rings. The summed E-state index contributed by atoms with van der Waals surface area (Å²) in [5, 5.41) is 7.56. The van der Waals surface area contributed by atoms with Crippen molar-refractivity contribution in [3.05, 3.63) is 28.8 Å². The zero-order chi connectivity index (χ0) is 17.4. The maximum absolute atomic E-state index is 13.3. The number of nitrogens with one attached hydrogen (secondary N) is 1. The monoisotopic (exact) mass is 360 g/mol. The number of hydrogen-bond donors (Lipinski definition) is 1. The first-order chi connectivity index (χ1) is 12.1. The molecule has 1 N–H and O–H groups in total. The maximum atomic E-state index is 13.3. The Bertz CT molecular complexity index is 763. The summed E-state index contributed by atoms with van der Waals surface area (Å²) in [5.41, 5.74) is 1.09. The van der Waals surface area contributed by atoms with Crippen LogP contribution in [0.4, 0.5) is 0 Å². The van der Waals surface area contributed by atoms with Crippen LogP contribution < -0.4 is 5.32 Å². The molecule has 1 amide bonds. The molecule has 1 saturated heterocycles. The van der Waals surface area contributed by atoms with E-state index in [1.54, 1.807) is 6.20 Å². The molecule has 8 heteroatoms. The fourth-order valence-electron chi connectivity index (χ4n) is 3.99. The molecule has 2 aromatic heterocycles. The van der Waals surface area contributed by atoms with Crippen LogP contribution in [0.2, 0.25) is 0 Å². The number of hydrogen-bond acceptors (Lipinski definition) is 6. The number of aryl methyl sites for hydroxylation is 2. The Kier molecular flexibility index (Phi) is 4.33. The fourth-order valence-corrected chi connectivity index (χ4v) is 4.69. The Morgan fingerprint density at radius 1 is 1.48 bits per heavy atom. The van der Waals surface area contributed by atoms with E-state index in [9.17, 15) is 4.79 Å². The van der Waals surface area contributed by atoms with E-state index >= 15 is 0 Å². The topological polar surface area (TPSA) is 75.9 Å². The summed E-state index contributed by atoms with van der Waals surface area (Å²) in [6, 6.07) is 0.297. The minimum Gasteiger partial charge on any atom is -0.337 e. The molecule has 25 heavy (non-hydrogen) atoms. The van der Waals surface area contributed by atoms with Gasteiger partial charge in [0.1, 0.15) is 10.7 Å². The van der Waals surface area contributed by atoms with Gasteiger partial charge in [-0.2, -0.15) is 0 Å². The first-order valence-electron chi connectivity index (χ1n) is 8.94. The Labute approximate surface area is 151 Å². The second kappa shape index (κ2) is 6.49. The van der Waals surface area contributed by atoms with Crippen molar-refractivity contribution in [3.8, 4) is 0 Å². The molecule has 2 fully saturated rings. The molecule has 1 unspecified atom stereocenters. The van der Waals surface area contributed by atoms with Crippen LogP contribution >= 0.6 is 11.5 Å². The lowest BCUT2D eigenvalue weighted by Gasteiger charge is -2.29. The Morgan fingerprint density at radius 2 is 2.28 bits per heavy atom. The van der Waals surface area contributed by atoms with E-state index < -0.39 is 0 Å². The second-order valence-electron chi connectivity index (χ2n) is 7.12. The van der Waals surface area contributed by atoms with Gasteiger partial charge in [-0.25, -0.2) is 4.98 Å². The summed E-state index contributed by atoms with van der Waals surface area (Å²) >= 11 is 1.22. The van der Waals surface area contributed by atoms with E-state index in [-0.39, 0.29) is 11.3 Å². The molecule has 1 atom stereocenters. The van der Waals surface area contributed by atoms with Gasteiger partial charge in [0.05, 0.1) is 12.2 Å². The molecule has 0 bridgehead atoms. The number of imidazole rings is 1. The molecule has 1 spiro atoms. The van der Waals surface area contributed by atoms with E-state index in [1.165, 1.54) is 11.5 Å². The lowest BCUT2D eigenvalue weighted by Crippen LogP contribution is -2.39. The highest BCUT2D eigenvalue weighted by atomic mass is 32.1. The highest BCUT2D eigenvalue weighted by molar-refractivity contribution is 7.08. The van der Waals surface area contributed by atoms with Crippen molar-refractivity contribution < 1.29 is 4.79 Å². The normalized spacial score (nSPS) is 21.4. The smallest absolute Gasteiger partial charge is 0.268 e. The van der Waals surface area contributed by atoms with Crippen molar-refractivity contribution in [2.45, 2.75) is 45.2 Å². The molecule has 2 aromatic rings. The van der Waals surface area contributed by atoms with Gasteiger partial charge in [0.25, 0.3) is 5.91 Å². The zero-order valence-corrected chi connectivity index (χ0v) is 15.6. The molecule has 0 radical (unpaired) electrons. The van der Waals surface area contributed by atoms with E-state index in [1.807, 2.05) is 29.6 Å². The van der Waals surface area contributed by atoms with Gasteiger partial charge in [0.2, 0.25) is 0 Å². The van der Waals surface area contributed by atoms with Gasteiger partial charge in [-0.3, -0.25) is 4.79 Å². The number of nitrogens with zero attached hydrogens (tertiary/aromatic N) is 5. The van der Waals surface area contributed by atoms with Crippen molar-refractivity contribution in [2.24, 2.45) is 12.5 Å². The van der Waals surface area contributed by atoms with Crippen LogP contribution in [0.5, 0.6) is 0 Å². The Morgan fingerprint density at radius 3 is 2.96 bits per heavy atom. The van der Waals surface area contributed by atoms with Crippen molar-refractivity contribution in [3.63, 3.8) is 0 Å². The van der Waals surface area contributed by atoms with Crippen LogP contribution in [0.3, 0.4) is 0 Å². The minimum absolute atomic E-state index is 0.0651. The van der Waals surface area contributed by atoms with Crippen LogP contribution in [0.15, 0.2) is 12.4 Å². The van der Waals surface area contributed by atoms with Gasteiger partial charge < -0.3 is 14.8 Å². The van der Waals surface area contributed by atoms with Gasteiger partial charge in [-0.1, -0.05) is 11.4 Å². The molecular formula is C17H24N6OS. The number of aromatic nitrogens is 4. The summed E-state index contributed by atoms with van der Waals surface area (Å²) < 4.78 is 6.00. The highest BCUT2D eigenvalue weighted by Gasteiger charge is 2.58. The summed E-state index contributed by atoms with van der Waals surface area (Å²) in [7, 11) is 1.98. The predicted octanol–water partition coefficient (Wildman–Crippen LogP) is 1.62. The lowest BCUT2D eigenvalue weighted by atomic mass is 9.93. The zero-order valence-electron chi connectivity index (χ0n) is 14.7. The Hall–Kier alpha value is -1.80. The van der Waals surface area contributed by atoms with Gasteiger partial charge in [-0.05, 0) is 55.7 Å². The Balaban J connectivity index is 1.62. The molecule has 1 aliphatic carbocycles. The molecule has 4 rings (SSSR count). The summed E-state index contributed by atoms with van der Waals surface area (Å²) in [6.07, 6.45) is 7.83. The van der Waals surface area contributed by atoms with Crippen LogP contribution in [-0.2, 0) is 20.0 Å². The molecule has 134 valence electrons. The van der Waals surface area contributed by atoms with Gasteiger partial charge in [0, 0.05) is 25.5 Å². The molecule has 1 saturated carbocycles. The fraction of sp³-hybridized carbons (Fsp3) is 0.647. The van der Waals surface area contributed by atoms with E-state index in [0.717, 1.165) is 50.3 Å². The highest BCUT2D eigenvalue weighted by Crippen LogP contribution is 2.56. The third-order valence-corrected chi connectivity index (χ3v) is 6.46. The van der Waals surface area contributed by atoms with Crippen molar-refractivity contribution >= 4 is 17.4 Å². The molecule has 1 aliphatic heterocycles. The van der Waals surface area contributed by atoms with Crippen LogP contribution in [0.1, 0.15) is 47.4 Å². The quantitative estimate of drug-likeness (QED) is 0.877. The van der Waals surface area contributed by atoms with E-state index in [2.05, 4.69) is 19.9 Å². The third-order valence-electron chi connectivity index (χ3n) is 5.70. The average Bonchev–Trinajstić information content (AvgIpc) is 3.00. The summed E-state index contributed by atoms with van der Waals surface area (Å²) in [6.45, 7) is 4.65. The van der Waals surface area contributed by atoms with Gasteiger partial charge in [-0.15, -0.1) is 5.10 Å². The van der Waals surface area contributed by atoms with E-state index in [0.29, 0.717) is 17.5 Å².